The van der Waals surface area contributed by atoms with Gasteiger partial charge in [-0.05, 0) is 50.7 Å². The van der Waals surface area contributed by atoms with Crippen molar-refractivity contribution in [1.29, 1.82) is 0 Å². The van der Waals surface area contributed by atoms with Crippen LogP contribution in [-0.4, -0.2) is 48.3 Å². The molecule has 8 heteroatoms. The van der Waals surface area contributed by atoms with Crippen LogP contribution in [0, 0.1) is 5.92 Å². The maximum Gasteiger partial charge on any atom is 0.237 e. The Kier molecular flexibility index (Phi) is 9.01. The van der Waals surface area contributed by atoms with Crippen molar-refractivity contribution >= 4 is 36.5 Å². The number of fused-ring (bicyclic) bond motifs is 1. The minimum Gasteiger partial charge on any atom is -0.372 e. The minimum atomic E-state index is -0.0262. The van der Waals surface area contributed by atoms with E-state index in [4.69, 9.17) is 4.74 Å². The predicted molar refractivity (Wildman–Crippen MR) is 120 cm³/mol. The van der Waals surface area contributed by atoms with E-state index in [-0.39, 0.29) is 49.0 Å². The van der Waals surface area contributed by atoms with Crippen molar-refractivity contribution in [1.82, 2.24) is 15.6 Å². The number of amides is 1. The number of nitrogens with one attached hydrogen (secondary N) is 2. The zero-order chi connectivity index (χ0) is 18.8. The predicted octanol–water partition coefficient (Wildman–Crippen LogP) is 3.08. The van der Waals surface area contributed by atoms with Crippen LogP contribution < -0.4 is 15.5 Å². The third-order valence-electron chi connectivity index (χ3n) is 6.20. The molecule has 1 aromatic heterocycles. The number of hydrogen-bond acceptors (Lipinski definition) is 5. The summed E-state index contributed by atoms with van der Waals surface area (Å²) in [7, 11) is 0. The van der Waals surface area contributed by atoms with Gasteiger partial charge in [-0.3, -0.25) is 4.79 Å². The first-order valence-corrected chi connectivity index (χ1v) is 10.5. The van der Waals surface area contributed by atoms with Gasteiger partial charge in [0.1, 0.15) is 5.82 Å². The van der Waals surface area contributed by atoms with Crippen LogP contribution in [0.1, 0.15) is 51.5 Å². The molecule has 6 nitrogen and oxygen atoms in total. The van der Waals surface area contributed by atoms with Crippen molar-refractivity contribution in [3.05, 3.63) is 23.9 Å². The number of rotatable bonds is 4. The molecule has 0 spiro atoms. The van der Waals surface area contributed by atoms with Crippen LogP contribution in [0.3, 0.4) is 0 Å². The van der Waals surface area contributed by atoms with Gasteiger partial charge in [-0.15, -0.1) is 24.8 Å². The lowest BCUT2D eigenvalue weighted by atomic mass is 9.85. The average Bonchev–Trinajstić information content (AvgIpc) is 3.10. The monoisotopic (exact) mass is 444 g/mol. The number of aromatic nitrogens is 1. The maximum absolute atomic E-state index is 12.5. The summed E-state index contributed by atoms with van der Waals surface area (Å²) in [6.45, 7) is 6.46. The summed E-state index contributed by atoms with van der Waals surface area (Å²) in [5.41, 5.74) is 1.04. The lowest BCUT2D eigenvalue weighted by molar-refractivity contribution is -0.123. The van der Waals surface area contributed by atoms with Crippen LogP contribution in [0.5, 0.6) is 0 Å². The molecular weight excluding hydrogens is 411 g/mol. The zero-order valence-corrected chi connectivity index (χ0v) is 18.9. The molecule has 1 saturated carbocycles. The zero-order valence-electron chi connectivity index (χ0n) is 17.3. The summed E-state index contributed by atoms with van der Waals surface area (Å²) in [5.74, 6) is 1.80. The Morgan fingerprint density at radius 3 is 2.59 bits per heavy atom. The van der Waals surface area contributed by atoms with E-state index in [0.29, 0.717) is 18.5 Å². The third kappa shape index (κ3) is 5.97. The molecule has 2 aliphatic heterocycles. The Balaban J connectivity index is 0.00000150. The molecule has 164 valence electrons. The molecule has 2 saturated heterocycles. The van der Waals surface area contributed by atoms with Crippen LogP contribution in [0.2, 0.25) is 0 Å². The highest BCUT2D eigenvalue weighted by Gasteiger charge is 2.38. The average molecular weight is 445 g/mol. The largest absolute Gasteiger partial charge is 0.372 e. The van der Waals surface area contributed by atoms with Gasteiger partial charge in [0.05, 0.1) is 18.2 Å². The molecule has 4 rings (SSSR count). The summed E-state index contributed by atoms with van der Waals surface area (Å²) in [5, 5.41) is 6.63. The van der Waals surface area contributed by atoms with Gasteiger partial charge < -0.3 is 20.3 Å². The van der Waals surface area contributed by atoms with Crippen molar-refractivity contribution in [2.45, 2.75) is 76.8 Å². The summed E-state index contributed by atoms with van der Waals surface area (Å²) in [6.07, 6.45) is 8.40. The van der Waals surface area contributed by atoms with Gasteiger partial charge in [0.2, 0.25) is 5.91 Å². The summed E-state index contributed by atoms with van der Waals surface area (Å²) in [6, 6.07) is 4.64. The third-order valence-corrected chi connectivity index (χ3v) is 6.20. The molecule has 3 aliphatic rings. The second-order valence-electron chi connectivity index (χ2n) is 8.51. The first-order valence-electron chi connectivity index (χ1n) is 10.5. The number of ether oxygens (including phenoxy) is 1. The van der Waals surface area contributed by atoms with E-state index >= 15 is 0 Å². The van der Waals surface area contributed by atoms with E-state index in [1.54, 1.807) is 0 Å². The van der Waals surface area contributed by atoms with Crippen LogP contribution in [0.25, 0.3) is 0 Å². The number of hydrogen-bond donors (Lipinski definition) is 2. The van der Waals surface area contributed by atoms with Crippen molar-refractivity contribution in [2.75, 3.05) is 18.0 Å². The number of morpholine rings is 1. The van der Waals surface area contributed by atoms with E-state index in [0.717, 1.165) is 30.9 Å². The van der Waals surface area contributed by atoms with Gasteiger partial charge in [0, 0.05) is 31.9 Å². The van der Waals surface area contributed by atoms with Crippen molar-refractivity contribution in [2.24, 2.45) is 5.92 Å². The van der Waals surface area contributed by atoms with Gasteiger partial charge in [0.25, 0.3) is 0 Å². The SMILES string of the molecule is CC1CN(c2ccc(CNC(=O)C3CC4CCCCC4N3)cn2)CC(C)O1.Cl.Cl. The normalized spacial score (nSPS) is 31.2. The number of pyridine rings is 1. The van der Waals surface area contributed by atoms with Gasteiger partial charge in [0.15, 0.2) is 0 Å². The maximum atomic E-state index is 12.5. The highest BCUT2D eigenvalue weighted by atomic mass is 35.5. The van der Waals surface area contributed by atoms with Gasteiger partial charge in [-0.1, -0.05) is 18.9 Å². The molecule has 1 amide bonds. The summed E-state index contributed by atoms with van der Waals surface area (Å²) in [4.78, 5) is 19.4. The van der Waals surface area contributed by atoms with Gasteiger partial charge >= 0.3 is 0 Å². The van der Waals surface area contributed by atoms with Crippen molar-refractivity contribution in [3.63, 3.8) is 0 Å². The molecule has 1 aromatic rings. The van der Waals surface area contributed by atoms with Crippen molar-refractivity contribution < 1.29 is 9.53 Å². The Hall–Kier alpha value is -1.08. The van der Waals surface area contributed by atoms with E-state index in [1.807, 2.05) is 6.20 Å². The van der Waals surface area contributed by atoms with E-state index in [2.05, 4.69) is 46.5 Å². The molecule has 3 fully saturated rings. The highest BCUT2D eigenvalue weighted by molar-refractivity contribution is 5.85. The lowest BCUT2D eigenvalue weighted by Gasteiger charge is -2.36. The molecule has 0 bridgehead atoms. The van der Waals surface area contributed by atoms with E-state index in [9.17, 15) is 4.79 Å². The Morgan fingerprint density at radius 2 is 1.93 bits per heavy atom. The fraction of sp³-hybridized carbons (Fsp3) is 0.714. The van der Waals surface area contributed by atoms with Crippen LogP contribution in [-0.2, 0) is 16.1 Å². The van der Waals surface area contributed by atoms with Crippen LogP contribution in [0.15, 0.2) is 18.3 Å². The fourth-order valence-electron chi connectivity index (χ4n) is 4.91. The second-order valence-corrected chi connectivity index (χ2v) is 8.51. The van der Waals surface area contributed by atoms with Crippen LogP contribution >= 0.6 is 24.8 Å². The van der Waals surface area contributed by atoms with Crippen LogP contribution in [0.4, 0.5) is 5.82 Å². The molecule has 29 heavy (non-hydrogen) atoms. The Labute approximate surface area is 186 Å². The Bertz CT molecular complexity index is 637. The first-order chi connectivity index (χ1) is 13.1. The molecule has 0 aromatic carbocycles. The molecule has 0 radical (unpaired) electrons. The van der Waals surface area contributed by atoms with Gasteiger partial charge in [-0.2, -0.15) is 0 Å². The molecule has 5 atom stereocenters. The number of nitrogens with zero attached hydrogens (tertiary/aromatic N) is 2. The van der Waals surface area contributed by atoms with E-state index < -0.39 is 0 Å². The topological polar surface area (TPSA) is 66.5 Å². The quantitative estimate of drug-likeness (QED) is 0.746. The number of halogens is 2. The fourth-order valence-corrected chi connectivity index (χ4v) is 4.91. The standard InChI is InChI=1S/C21H32N4O2.2ClH/c1-14-12-25(13-15(2)27-14)20-8-7-16(10-22-20)11-23-21(26)19-9-17-5-3-4-6-18(17)24-19;;/h7-8,10,14-15,17-19,24H,3-6,9,11-13H2,1-2H3,(H,23,26);2*1H. The summed E-state index contributed by atoms with van der Waals surface area (Å²) < 4.78 is 5.79. The first kappa shape index (κ1) is 24.2. The summed E-state index contributed by atoms with van der Waals surface area (Å²) >= 11 is 0. The van der Waals surface area contributed by atoms with Crippen molar-refractivity contribution in [3.8, 4) is 0 Å². The smallest absolute Gasteiger partial charge is 0.237 e. The number of carbonyl (C=O) groups is 1. The Morgan fingerprint density at radius 1 is 1.21 bits per heavy atom. The molecular formula is C21H34Cl2N4O2. The molecule has 5 unspecified atom stereocenters. The lowest BCUT2D eigenvalue weighted by Crippen LogP contribution is -2.45. The number of anilines is 1. The minimum absolute atomic E-state index is 0. The van der Waals surface area contributed by atoms with Gasteiger partial charge in [-0.25, -0.2) is 4.98 Å². The molecule has 1 aliphatic carbocycles. The number of carbonyl (C=O) groups excluding carboxylic acids is 1. The molecule has 3 heterocycles. The second kappa shape index (κ2) is 10.8. The van der Waals surface area contributed by atoms with E-state index in [1.165, 1.54) is 25.7 Å². The highest BCUT2D eigenvalue weighted by Crippen LogP contribution is 2.33. The molecule has 2 N–H and O–H groups in total.